The Bertz CT molecular complexity index is 461. The van der Waals surface area contributed by atoms with E-state index >= 15 is 0 Å². The number of rotatable bonds is 7. The predicted molar refractivity (Wildman–Crippen MR) is 99.7 cm³/mol. The Hall–Kier alpha value is -1.05. The van der Waals surface area contributed by atoms with Gasteiger partial charge in [-0.15, -0.1) is 6.58 Å². The fourth-order valence-electron chi connectivity index (χ4n) is 1.90. The van der Waals surface area contributed by atoms with Gasteiger partial charge < -0.3 is 9.16 Å². The Morgan fingerprint density at radius 2 is 1.83 bits per heavy atom. The molecule has 0 aliphatic heterocycles. The number of allylic oxidation sites excluding steroid dienone is 1. The van der Waals surface area contributed by atoms with Gasteiger partial charge in [-0.1, -0.05) is 46.6 Å². The summed E-state index contributed by atoms with van der Waals surface area (Å²) in [6.07, 6.45) is 3.24. The number of hydrogen-bond acceptors (Lipinski definition) is 3. The number of carbonyl (C=O) groups is 1. The van der Waals surface area contributed by atoms with E-state index in [0.29, 0.717) is 13.0 Å². The molecule has 0 aliphatic rings. The third kappa shape index (κ3) is 7.37. The van der Waals surface area contributed by atoms with Crippen LogP contribution in [0.4, 0.5) is 0 Å². The molecule has 0 radical (unpaired) electrons. The van der Waals surface area contributed by atoms with Crippen molar-refractivity contribution >= 4 is 14.3 Å². The van der Waals surface area contributed by atoms with Gasteiger partial charge in [0.05, 0.1) is 12.7 Å². The second-order valence-corrected chi connectivity index (χ2v) is 12.8. The van der Waals surface area contributed by atoms with E-state index in [1.54, 1.807) is 6.92 Å². The zero-order chi connectivity index (χ0) is 18.3. The highest BCUT2D eigenvalue weighted by Gasteiger charge is 2.42. The van der Waals surface area contributed by atoms with Crippen LogP contribution in [0.5, 0.6) is 0 Å². The molecule has 0 aromatic heterocycles. The molecule has 1 atom stereocenters. The third-order valence-electron chi connectivity index (χ3n) is 4.54. The number of hydrogen-bond donors (Lipinski definition) is 0. The van der Waals surface area contributed by atoms with Gasteiger partial charge >= 0.3 is 5.97 Å². The standard InChI is InChI=1S/C19H34O3Si/c1-10-15-19(6,7)16(13-12-14-17(20)21-11-2)22-23(8,9)18(3,4)5/h10,16H,1,11,13,15H2,2-9H3. The van der Waals surface area contributed by atoms with Gasteiger partial charge in [-0.05, 0) is 36.9 Å². The maximum absolute atomic E-state index is 11.4. The quantitative estimate of drug-likeness (QED) is 0.217. The molecule has 0 N–H and O–H groups in total. The van der Waals surface area contributed by atoms with Crippen molar-refractivity contribution in [3.8, 4) is 11.8 Å². The number of ether oxygens (including phenoxy) is 1. The van der Waals surface area contributed by atoms with Crippen molar-refractivity contribution in [2.45, 2.75) is 78.6 Å². The molecule has 0 heterocycles. The van der Waals surface area contributed by atoms with Crippen LogP contribution in [0.3, 0.4) is 0 Å². The number of esters is 1. The average Bonchev–Trinajstić information content (AvgIpc) is 2.36. The Balaban J connectivity index is 5.27. The minimum absolute atomic E-state index is 0.0386. The lowest BCUT2D eigenvalue weighted by atomic mass is 9.82. The zero-order valence-electron chi connectivity index (χ0n) is 16.2. The summed E-state index contributed by atoms with van der Waals surface area (Å²) in [5.41, 5.74) is -0.0827. The zero-order valence-corrected chi connectivity index (χ0v) is 17.2. The van der Waals surface area contributed by atoms with Crippen molar-refractivity contribution in [3.63, 3.8) is 0 Å². The summed E-state index contributed by atoms with van der Waals surface area (Å²) in [5, 5.41) is 0.129. The van der Waals surface area contributed by atoms with Crippen LogP contribution in [0.2, 0.25) is 18.1 Å². The van der Waals surface area contributed by atoms with E-state index in [1.165, 1.54) is 0 Å². The fourth-order valence-corrected chi connectivity index (χ4v) is 3.36. The van der Waals surface area contributed by atoms with E-state index in [2.05, 4.69) is 66.1 Å². The van der Waals surface area contributed by atoms with Gasteiger partial charge in [0.15, 0.2) is 8.32 Å². The molecule has 0 saturated carbocycles. The van der Waals surface area contributed by atoms with Crippen LogP contribution in [0.15, 0.2) is 12.7 Å². The molecule has 23 heavy (non-hydrogen) atoms. The molecule has 0 rings (SSSR count). The Labute approximate surface area is 144 Å². The lowest BCUT2D eigenvalue weighted by Crippen LogP contribution is -2.47. The summed E-state index contributed by atoms with van der Waals surface area (Å²) < 4.78 is 11.4. The molecule has 0 amide bonds. The van der Waals surface area contributed by atoms with Crippen LogP contribution < -0.4 is 0 Å². The molecule has 0 spiro atoms. The first kappa shape index (κ1) is 21.9. The molecule has 0 aromatic rings. The lowest BCUT2D eigenvalue weighted by Gasteiger charge is -2.43. The Morgan fingerprint density at radius 1 is 1.26 bits per heavy atom. The van der Waals surface area contributed by atoms with E-state index in [1.807, 2.05) is 6.08 Å². The average molecular weight is 339 g/mol. The molecular formula is C19H34O3Si. The molecule has 0 aromatic carbocycles. The maximum atomic E-state index is 11.4. The molecule has 4 heteroatoms. The molecular weight excluding hydrogens is 304 g/mol. The van der Waals surface area contributed by atoms with Gasteiger partial charge in [0, 0.05) is 12.3 Å². The summed E-state index contributed by atoms with van der Waals surface area (Å²) in [5.74, 6) is 5.03. The van der Waals surface area contributed by atoms with Gasteiger partial charge in [0.1, 0.15) is 0 Å². The van der Waals surface area contributed by atoms with Crippen LogP contribution in [-0.2, 0) is 14.0 Å². The Morgan fingerprint density at radius 3 is 2.26 bits per heavy atom. The second-order valence-electron chi connectivity index (χ2n) is 8.07. The third-order valence-corrected chi connectivity index (χ3v) is 9.02. The summed E-state index contributed by atoms with van der Waals surface area (Å²) >= 11 is 0. The summed E-state index contributed by atoms with van der Waals surface area (Å²) in [6.45, 7) is 21.5. The van der Waals surface area contributed by atoms with Crippen LogP contribution in [-0.4, -0.2) is 27.0 Å². The predicted octanol–water partition coefficient (Wildman–Crippen LogP) is 4.94. The van der Waals surface area contributed by atoms with Gasteiger partial charge in [-0.2, -0.15) is 0 Å². The highest BCUT2D eigenvalue weighted by molar-refractivity contribution is 6.74. The van der Waals surface area contributed by atoms with Crippen molar-refractivity contribution in [1.29, 1.82) is 0 Å². The lowest BCUT2D eigenvalue weighted by molar-refractivity contribution is -0.136. The first-order chi connectivity index (χ1) is 10.4. The second kappa shape index (κ2) is 8.70. The van der Waals surface area contributed by atoms with Crippen molar-refractivity contribution < 1.29 is 14.0 Å². The Kier molecular flexibility index (Phi) is 8.30. The maximum Gasteiger partial charge on any atom is 0.384 e. The largest absolute Gasteiger partial charge is 0.456 e. The van der Waals surface area contributed by atoms with Gasteiger partial charge in [-0.3, -0.25) is 0 Å². The first-order valence-electron chi connectivity index (χ1n) is 8.31. The molecule has 0 bridgehead atoms. The van der Waals surface area contributed by atoms with E-state index in [0.717, 1.165) is 6.42 Å². The van der Waals surface area contributed by atoms with E-state index < -0.39 is 14.3 Å². The summed E-state index contributed by atoms with van der Waals surface area (Å²) in [6, 6.07) is 0. The summed E-state index contributed by atoms with van der Waals surface area (Å²) in [4.78, 5) is 11.4. The molecule has 1 unspecified atom stereocenters. The van der Waals surface area contributed by atoms with Gasteiger partial charge in [0.2, 0.25) is 0 Å². The molecule has 132 valence electrons. The number of carbonyl (C=O) groups excluding carboxylic acids is 1. The topological polar surface area (TPSA) is 35.5 Å². The van der Waals surface area contributed by atoms with Crippen molar-refractivity contribution in [3.05, 3.63) is 12.7 Å². The minimum atomic E-state index is -1.92. The van der Waals surface area contributed by atoms with Crippen molar-refractivity contribution in [2.75, 3.05) is 6.61 Å². The van der Waals surface area contributed by atoms with Gasteiger partial charge in [0.25, 0.3) is 0 Å². The minimum Gasteiger partial charge on any atom is -0.456 e. The van der Waals surface area contributed by atoms with Gasteiger partial charge in [-0.25, -0.2) is 4.79 Å². The van der Waals surface area contributed by atoms with Crippen molar-refractivity contribution in [2.24, 2.45) is 5.41 Å². The van der Waals surface area contributed by atoms with E-state index in [-0.39, 0.29) is 16.6 Å². The highest BCUT2D eigenvalue weighted by Crippen LogP contribution is 2.41. The van der Waals surface area contributed by atoms with Crippen LogP contribution in [0, 0.1) is 17.3 Å². The summed E-state index contributed by atoms with van der Waals surface area (Å²) in [7, 11) is -1.92. The van der Waals surface area contributed by atoms with Crippen LogP contribution in [0.1, 0.15) is 54.4 Å². The molecule has 0 aliphatic carbocycles. The van der Waals surface area contributed by atoms with Crippen LogP contribution >= 0.6 is 0 Å². The molecule has 3 nitrogen and oxygen atoms in total. The normalized spacial score (nSPS) is 13.7. The van der Waals surface area contributed by atoms with E-state index in [9.17, 15) is 4.79 Å². The monoisotopic (exact) mass is 338 g/mol. The van der Waals surface area contributed by atoms with Crippen molar-refractivity contribution in [1.82, 2.24) is 0 Å². The van der Waals surface area contributed by atoms with Crippen LogP contribution in [0.25, 0.3) is 0 Å². The van der Waals surface area contributed by atoms with E-state index in [4.69, 9.17) is 9.16 Å². The SMILES string of the molecule is C=CCC(C)(C)C(CC#CC(=O)OCC)O[Si](C)(C)C(C)(C)C. The molecule has 0 fully saturated rings. The fraction of sp³-hybridized carbons (Fsp3) is 0.737. The highest BCUT2D eigenvalue weighted by atomic mass is 28.4. The smallest absolute Gasteiger partial charge is 0.384 e. The molecule has 0 saturated heterocycles. The first-order valence-corrected chi connectivity index (χ1v) is 11.2.